The Kier molecular flexibility index (Phi) is 4.67. The van der Waals surface area contributed by atoms with E-state index in [1.165, 1.54) is 10.9 Å². The van der Waals surface area contributed by atoms with Crippen molar-refractivity contribution >= 4 is 62.3 Å². The van der Waals surface area contributed by atoms with E-state index in [-0.39, 0.29) is 11.3 Å². The van der Waals surface area contributed by atoms with Crippen molar-refractivity contribution in [1.82, 2.24) is 9.66 Å². The molecule has 0 atom stereocenters. The molecule has 0 saturated carbocycles. The summed E-state index contributed by atoms with van der Waals surface area (Å²) in [6.07, 6.45) is 1.48. The van der Waals surface area contributed by atoms with Gasteiger partial charge in [-0.15, -0.1) is 0 Å². The van der Waals surface area contributed by atoms with Crippen LogP contribution in [0.1, 0.15) is 11.4 Å². The standard InChI is InChI=1S/C16H11I2N3O2/c1-9-20-14-5-3-2-4-12(14)16(23)21(9)19-8-10-6-11(17)7-13(18)15(10)22/h2-8,22H,1H3. The summed E-state index contributed by atoms with van der Waals surface area (Å²) in [6, 6.07) is 10.8. The highest BCUT2D eigenvalue weighted by Gasteiger charge is 2.08. The second-order valence-electron chi connectivity index (χ2n) is 4.86. The monoisotopic (exact) mass is 531 g/mol. The Balaban J connectivity index is 2.14. The number of aromatic hydroxyl groups is 1. The molecule has 3 rings (SSSR count). The number of fused-ring (bicyclic) bond motifs is 1. The van der Waals surface area contributed by atoms with Crippen molar-refractivity contribution in [2.75, 3.05) is 0 Å². The number of rotatable bonds is 2. The summed E-state index contributed by atoms with van der Waals surface area (Å²) in [6.45, 7) is 1.73. The van der Waals surface area contributed by atoms with Gasteiger partial charge in [0, 0.05) is 9.13 Å². The van der Waals surface area contributed by atoms with Gasteiger partial charge in [-0.1, -0.05) is 12.1 Å². The summed E-state index contributed by atoms with van der Waals surface area (Å²) in [5, 5.41) is 14.8. The molecular formula is C16H11I2N3O2. The third-order valence-corrected chi connectivity index (χ3v) is 4.73. The van der Waals surface area contributed by atoms with Crippen LogP contribution in [0.25, 0.3) is 10.9 Å². The number of benzene rings is 2. The highest BCUT2D eigenvalue weighted by molar-refractivity contribution is 14.1. The van der Waals surface area contributed by atoms with Crippen LogP contribution < -0.4 is 5.56 Å². The van der Waals surface area contributed by atoms with E-state index >= 15 is 0 Å². The highest BCUT2D eigenvalue weighted by atomic mass is 127. The number of nitrogens with zero attached hydrogens (tertiary/aromatic N) is 3. The van der Waals surface area contributed by atoms with Crippen LogP contribution in [0.2, 0.25) is 0 Å². The average molecular weight is 531 g/mol. The SMILES string of the molecule is Cc1nc2ccccc2c(=O)n1N=Cc1cc(I)cc(I)c1O. The molecule has 1 N–H and O–H groups in total. The molecule has 5 nitrogen and oxygen atoms in total. The Morgan fingerprint density at radius 1 is 1.26 bits per heavy atom. The third kappa shape index (κ3) is 3.25. The lowest BCUT2D eigenvalue weighted by Gasteiger charge is -2.06. The molecular weight excluding hydrogens is 520 g/mol. The van der Waals surface area contributed by atoms with E-state index in [4.69, 9.17) is 0 Å². The Morgan fingerprint density at radius 3 is 2.78 bits per heavy atom. The molecule has 0 spiro atoms. The molecule has 0 radical (unpaired) electrons. The lowest BCUT2D eigenvalue weighted by molar-refractivity contribution is 0.470. The minimum Gasteiger partial charge on any atom is -0.506 e. The fourth-order valence-corrected chi connectivity index (χ4v) is 4.06. The van der Waals surface area contributed by atoms with Crippen molar-refractivity contribution in [3.63, 3.8) is 0 Å². The van der Waals surface area contributed by atoms with E-state index in [2.05, 4.69) is 55.3 Å². The van der Waals surface area contributed by atoms with Crippen LogP contribution >= 0.6 is 45.2 Å². The summed E-state index contributed by atoms with van der Waals surface area (Å²) in [7, 11) is 0. The average Bonchev–Trinajstić information content (AvgIpc) is 2.51. The molecule has 3 aromatic rings. The number of halogens is 2. The van der Waals surface area contributed by atoms with E-state index in [1.54, 1.807) is 31.2 Å². The van der Waals surface area contributed by atoms with Crippen LogP contribution in [0.3, 0.4) is 0 Å². The number of aromatic nitrogens is 2. The van der Waals surface area contributed by atoms with Crippen molar-refractivity contribution in [3.8, 4) is 5.75 Å². The minimum absolute atomic E-state index is 0.147. The summed E-state index contributed by atoms with van der Waals surface area (Å²) < 4.78 is 2.96. The first-order valence-corrected chi connectivity index (χ1v) is 8.84. The second kappa shape index (κ2) is 6.56. The maximum atomic E-state index is 12.5. The van der Waals surface area contributed by atoms with Crippen molar-refractivity contribution in [2.45, 2.75) is 6.92 Å². The lowest BCUT2D eigenvalue weighted by atomic mass is 10.2. The van der Waals surface area contributed by atoms with Crippen LogP contribution in [0.15, 0.2) is 46.3 Å². The van der Waals surface area contributed by atoms with Crippen LogP contribution in [-0.2, 0) is 0 Å². The molecule has 1 aromatic heterocycles. The Bertz CT molecular complexity index is 997. The van der Waals surface area contributed by atoms with Gasteiger partial charge in [-0.25, -0.2) is 4.98 Å². The first kappa shape index (κ1) is 16.4. The molecule has 0 amide bonds. The van der Waals surface area contributed by atoms with E-state index < -0.39 is 0 Å². The lowest BCUT2D eigenvalue weighted by Crippen LogP contribution is -2.20. The van der Waals surface area contributed by atoms with Gasteiger partial charge >= 0.3 is 0 Å². The predicted molar refractivity (Wildman–Crippen MR) is 107 cm³/mol. The maximum absolute atomic E-state index is 12.5. The first-order chi connectivity index (χ1) is 11.0. The molecule has 7 heteroatoms. The van der Waals surface area contributed by atoms with Crippen LogP contribution in [0.5, 0.6) is 5.75 Å². The molecule has 0 bridgehead atoms. The molecule has 0 aliphatic heterocycles. The van der Waals surface area contributed by atoms with E-state index in [1.807, 2.05) is 12.1 Å². The smallest absolute Gasteiger partial charge is 0.282 e. The topological polar surface area (TPSA) is 67.5 Å². The molecule has 2 aromatic carbocycles. The minimum atomic E-state index is -0.232. The van der Waals surface area contributed by atoms with Gasteiger partial charge in [0.05, 0.1) is 20.7 Å². The fraction of sp³-hybridized carbons (Fsp3) is 0.0625. The molecule has 0 fully saturated rings. The summed E-state index contributed by atoms with van der Waals surface area (Å²) >= 11 is 4.23. The van der Waals surface area contributed by atoms with Gasteiger partial charge in [-0.2, -0.15) is 9.78 Å². The summed E-state index contributed by atoms with van der Waals surface area (Å²) in [5.74, 6) is 0.638. The van der Waals surface area contributed by atoms with E-state index in [0.29, 0.717) is 22.3 Å². The molecule has 116 valence electrons. The molecule has 23 heavy (non-hydrogen) atoms. The Labute approximate surface area is 159 Å². The predicted octanol–water partition coefficient (Wildman–Crippen LogP) is 3.50. The second-order valence-corrected chi connectivity index (χ2v) is 7.27. The van der Waals surface area contributed by atoms with E-state index in [0.717, 1.165) is 7.14 Å². The normalized spacial score (nSPS) is 11.4. The highest BCUT2D eigenvalue weighted by Crippen LogP contribution is 2.25. The fourth-order valence-electron chi connectivity index (χ4n) is 2.17. The maximum Gasteiger partial charge on any atom is 0.282 e. The van der Waals surface area contributed by atoms with Gasteiger partial charge in [-0.3, -0.25) is 4.79 Å². The zero-order valence-electron chi connectivity index (χ0n) is 12.0. The Hall–Kier alpha value is -1.49. The first-order valence-electron chi connectivity index (χ1n) is 6.68. The number of aryl methyl sites for hydroxylation is 1. The van der Waals surface area contributed by atoms with Crippen molar-refractivity contribution in [3.05, 3.63) is 65.3 Å². The van der Waals surface area contributed by atoms with Gasteiger partial charge in [0.1, 0.15) is 11.6 Å². The quantitative estimate of drug-likeness (QED) is 0.407. The van der Waals surface area contributed by atoms with Crippen LogP contribution in [0.4, 0.5) is 0 Å². The number of phenolic OH excluding ortho intramolecular Hbond substituents is 1. The van der Waals surface area contributed by atoms with Crippen molar-refractivity contribution < 1.29 is 5.11 Å². The molecule has 0 aliphatic rings. The largest absolute Gasteiger partial charge is 0.506 e. The third-order valence-electron chi connectivity index (χ3n) is 3.29. The van der Waals surface area contributed by atoms with Crippen LogP contribution in [0, 0.1) is 14.1 Å². The molecule has 0 unspecified atom stereocenters. The summed E-state index contributed by atoms with van der Waals surface area (Å²) in [5.41, 5.74) is 0.970. The van der Waals surface area contributed by atoms with Crippen LogP contribution in [-0.4, -0.2) is 21.0 Å². The zero-order chi connectivity index (χ0) is 16.6. The number of para-hydroxylation sites is 1. The van der Waals surface area contributed by atoms with E-state index in [9.17, 15) is 9.90 Å². The van der Waals surface area contributed by atoms with Crippen molar-refractivity contribution in [1.29, 1.82) is 0 Å². The van der Waals surface area contributed by atoms with Gasteiger partial charge < -0.3 is 5.11 Å². The summed E-state index contributed by atoms with van der Waals surface area (Å²) in [4.78, 5) is 16.9. The molecule has 1 heterocycles. The Morgan fingerprint density at radius 2 is 2.00 bits per heavy atom. The van der Waals surface area contributed by atoms with Gasteiger partial charge in [0.2, 0.25) is 0 Å². The van der Waals surface area contributed by atoms with Crippen molar-refractivity contribution in [2.24, 2.45) is 5.10 Å². The van der Waals surface area contributed by atoms with Gasteiger partial charge in [-0.05, 0) is 76.4 Å². The van der Waals surface area contributed by atoms with Gasteiger partial charge in [0.15, 0.2) is 0 Å². The number of phenols is 1. The number of hydrogen-bond acceptors (Lipinski definition) is 4. The number of hydrogen-bond donors (Lipinski definition) is 1. The van der Waals surface area contributed by atoms with Gasteiger partial charge in [0.25, 0.3) is 5.56 Å². The zero-order valence-corrected chi connectivity index (χ0v) is 16.3. The molecule has 0 aliphatic carbocycles. The molecule has 0 saturated heterocycles.